The Morgan fingerprint density at radius 3 is 2.76 bits per heavy atom. The van der Waals surface area contributed by atoms with Crippen LogP contribution in [-0.2, 0) is 14.8 Å². The Bertz CT molecular complexity index is 582. The largest absolute Gasteiger partial charge is 0.573 e. The van der Waals surface area contributed by atoms with E-state index < -0.39 is 22.1 Å². The van der Waals surface area contributed by atoms with Gasteiger partial charge < -0.3 is 9.47 Å². The van der Waals surface area contributed by atoms with E-state index in [-0.39, 0.29) is 17.4 Å². The molecule has 0 spiro atoms. The second-order valence-electron chi connectivity index (χ2n) is 4.60. The number of alkyl halides is 3. The number of nitrogens with one attached hydrogen (secondary N) is 1. The van der Waals surface area contributed by atoms with Crippen LogP contribution >= 0.6 is 0 Å². The summed E-state index contributed by atoms with van der Waals surface area (Å²) in [6.45, 7) is 1.24. The smallest absolute Gasteiger partial charge is 0.406 e. The van der Waals surface area contributed by atoms with Gasteiger partial charge in [0.05, 0.1) is 11.5 Å². The van der Waals surface area contributed by atoms with Gasteiger partial charge in [0, 0.05) is 19.2 Å². The van der Waals surface area contributed by atoms with Crippen LogP contribution in [0.5, 0.6) is 5.75 Å². The van der Waals surface area contributed by atoms with Crippen molar-refractivity contribution < 1.29 is 31.1 Å². The van der Waals surface area contributed by atoms with Crippen molar-refractivity contribution in [2.45, 2.75) is 17.7 Å². The molecule has 0 aliphatic carbocycles. The lowest BCUT2D eigenvalue weighted by Gasteiger charge is -2.12. The normalized spacial score (nSPS) is 19.7. The van der Waals surface area contributed by atoms with Crippen LogP contribution in [0.4, 0.5) is 13.2 Å². The highest BCUT2D eigenvalue weighted by Crippen LogP contribution is 2.25. The molecule has 0 aromatic heterocycles. The standard InChI is InChI=1S/C12H14F3NO4S/c13-12(14,15)20-10-2-1-3-11(6-10)21(17,18)16-7-9-4-5-19-8-9/h1-3,6,9,16H,4-5,7-8H2/t9-/m0/s1. The van der Waals surface area contributed by atoms with Crippen molar-refractivity contribution in [2.24, 2.45) is 5.92 Å². The van der Waals surface area contributed by atoms with Gasteiger partial charge in [-0.2, -0.15) is 0 Å². The molecule has 1 fully saturated rings. The monoisotopic (exact) mass is 325 g/mol. The molecule has 118 valence electrons. The molecular weight excluding hydrogens is 311 g/mol. The van der Waals surface area contributed by atoms with Gasteiger partial charge >= 0.3 is 6.36 Å². The van der Waals surface area contributed by atoms with E-state index in [4.69, 9.17) is 4.74 Å². The lowest BCUT2D eigenvalue weighted by atomic mass is 10.1. The van der Waals surface area contributed by atoms with Crippen molar-refractivity contribution >= 4 is 10.0 Å². The predicted molar refractivity (Wildman–Crippen MR) is 67.2 cm³/mol. The first-order valence-electron chi connectivity index (χ1n) is 6.19. The minimum Gasteiger partial charge on any atom is -0.406 e. The molecule has 1 saturated heterocycles. The molecule has 1 atom stereocenters. The van der Waals surface area contributed by atoms with Crippen LogP contribution in [-0.4, -0.2) is 34.5 Å². The van der Waals surface area contributed by atoms with Crippen LogP contribution in [0.25, 0.3) is 0 Å². The van der Waals surface area contributed by atoms with Crippen molar-refractivity contribution in [1.29, 1.82) is 0 Å². The maximum Gasteiger partial charge on any atom is 0.573 e. The third-order valence-electron chi connectivity index (χ3n) is 2.94. The van der Waals surface area contributed by atoms with Gasteiger partial charge in [-0.3, -0.25) is 0 Å². The van der Waals surface area contributed by atoms with Gasteiger partial charge in [-0.1, -0.05) is 6.07 Å². The van der Waals surface area contributed by atoms with Gasteiger partial charge in [0.25, 0.3) is 0 Å². The van der Waals surface area contributed by atoms with Crippen LogP contribution < -0.4 is 9.46 Å². The average Bonchev–Trinajstić information content (AvgIpc) is 2.88. The maximum absolute atomic E-state index is 12.1. The molecule has 1 N–H and O–H groups in total. The third kappa shape index (κ3) is 4.87. The Hall–Kier alpha value is -1.32. The quantitative estimate of drug-likeness (QED) is 0.898. The molecule has 2 rings (SSSR count). The Labute approximate surface area is 120 Å². The number of halogens is 3. The van der Waals surface area contributed by atoms with E-state index in [1.165, 1.54) is 12.1 Å². The van der Waals surface area contributed by atoms with Gasteiger partial charge in [0.2, 0.25) is 10.0 Å². The lowest BCUT2D eigenvalue weighted by molar-refractivity contribution is -0.274. The first kappa shape index (κ1) is 16.1. The molecule has 1 aromatic carbocycles. The van der Waals surface area contributed by atoms with E-state index in [0.29, 0.717) is 13.2 Å². The first-order chi connectivity index (χ1) is 9.76. The molecule has 9 heteroatoms. The number of ether oxygens (including phenoxy) is 2. The van der Waals surface area contributed by atoms with Crippen molar-refractivity contribution in [3.63, 3.8) is 0 Å². The number of benzene rings is 1. The second kappa shape index (κ2) is 6.20. The summed E-state index contributed by atoms with van der Waals surface area (Å²) in [5.74, 6) is -0.496. The van der Waals surface area contributed by atoms with Crippen LogP contribution in [0, 0.1) is 5.92 Å². The summed E-state index contributed by atoms with van der Waals surface area (Å²) in [7, 11) is -3.88. The van der Waals surface area contributed by atoms with Crippen molar-refractivity contribution in [3.05, 3.63) is 24.3 Å². The summed E-state index contributed by atoms with van der Waals surface area (Å²) in [6.07, 6.45) is -4.11. The van der Waals surface area contributed by atoms with Gasteiger partial charge in [-0.05, 0) is 24.5 Å². The summed E-state index contributed by atoms with van der Waals surface area (Å²) < 4.78 is 71.6. The first-order valence-corrected chi connectivity index (χ1v) is 7.68. The summed E-state index contributed by atoms with van der Waals surface area (Å²) >= 11 is 0. The van der Waals surface area contributed by atoms with Crippen LogP contribution in [0.3, 0.4) is 0 Å². The Balaban J connectivity index is 2.06. The minimum absolute atomic E-state index is 0.0781. The fraction of sp³-hybridized carbons (Fsp3) is 0.500. The van der Waals surface area contributed by atoms with Crippen LogP contribution in [0.15, 0.2) is 29.2 Å². The zero-order valence-corrected chi connectivity index (χ0v) is 11.7. The molecule has 0 radical (unpaired) electrons. The fourth-order valence-corrected chi connectivity index (χ4v) is 3.04. The molecule has 0 saturated carbocycles. The Morgan fingerprint density at radius 1 is 1.38 bits per heavy atom. The third-order valence-corrected chi connectivity index (χ3v) is 4.36. The summed E-state index contributed by atoms with van der Waals surface area (Å²) in [4.78, 5) is -0.275. The Kier molecular flexibility index (Phi) is 4.74. The molecule has 0 bridgehead atoms. The fourth-order valence-electron chi connectivity index (χ4n) is 1.89. The minimum atomic E-state index is -4.86. The molecule has 1 aromatic rings. The molecule has 21 heavy (non-hydrogen) atoms. The van der Waals surface area contributed by atoms with Gasteiger partial charge in [-0.25, -0.2) is 13.1 Å². The summed E-state index contributed by atoms with van der Waals surface area (Å²) in [5.41, 5.74) is 0. The van der Waals surface area contributed by atoms with Gasteiger partial charge in [0.1, 0.15) is 5.75 Å². The van der Waals surface area contributed by atoms with Crippen molar-refractivity contribution in [3.8, 4) is 5.75 Å². The SMILES string of the molecule is O=S(=O)(NC[C@@H]1CCOC1)c1cccc(OC(F)(F)F)c1. The molecule has 1 aliphatic heterocycles. The number of hydrogen-bond donors (Lipinski definition) is 1. The van der Waals surface area contributed by atoms with Crippen molar-refractivity contribution in [2.75, 3.05) is 19.8 Å². The highest BCUT2D eigenvalue weighted by molar-refractivity contribution is 7.89. The highest BCUT2D eigenvalue weighted by atomic mass is 32.2. The number of hydrogen-bond acceptors (Lipinski definition) is 4. The van der Waals surface area contributed by atoms with Gasteiger partial charge in [0.15, 0.2) is 0 Å². The molecule has 0 unspecified atom stereocenters. The average molecular weight is 325 g/mol. The topological polar surface area (TPSA) is 64.6 Å². The highest BCUT2D eigenvalue weighted by Gasteiger charge is 2.31. The van der Waals surface area contributed by atoms with E-state index in [0.717, 1.165) is 18.6 Å². The number of sulfonamides is 1. The van der Waals surface area contributed by atoms with E-state index in [2.05, 4.69) is 9.46 Å². The number of rotatable bonds is 5. The predicted octanol–water partition coefficient (Wildman–Crippen LogP) is 1.90. The van der Waals surface area contributed by atoms with E-state index in [9.17, 15) is 21.6 Å². The maximum atomic E-state index is 12.1. The van der Waals surface area contributed by atoms with E-state index in [1.54, 1.807) is 0 Å². The Morgan fingerprint density at radius 2 is 2.14 bits per heavy atom. The molecule has 1 aliphatic rings. The zero-order chi connectivity index (χ0) is 15.5. The second-order valence-corrected chi connectivity index (χ2v) is 6.37. The summed E-state index contributed by atoms with van der Waals surface area (Å²) in [6, 6.07) is 4.27. The van der Waals surface area contributed by atoms with E-state index >= 15 is 0 Å². The molecular formula is C12H14F3NO4S. The van der Waals surface area contributed by atoms with Crippen LogP contribution in [0.2, 0.25) is 0 Å². The summed E-state index contributed by atoms with van der Waals surface area (Å²) in [5, 5.41) is 0. The van der Waals surface area contributed by atoms with E-state index in [1.807, 2.05) is 0 Å². The van der Waals surface area contributed by atoms with Gasteiger partial charge in [-0.15, -0.1) is 13.2 Å². The molecule has 0 amide bonds. The van der Waals surface area contributed by atoms with Crippen LogP contribution in [0.1, 0.15) is 6.42 Å². The van der Waals surface area contributed by atoms with Crippen molar-refractivity contribution in [1.82, 2.24) is 4.72 Å². The molecule has 1 heterocycles. The molecule has 5 nitrogen and oxygen atoms in total. The lowest BCUT2D eigenvalue weighted by Crippen LogP contribution is -2.29. The zero-order valence-electron chi connectivity index (χ0n) is 10.9.